The van der Waals surface area contributed by atoms with Crippen molar-refractivity contribution in [3.8, 4) is 0 Å². The van der Waals surface area contributed by atoms with Crippen LogP contribution < -0.4 is 10.6 Å². The smallest absolute Gasteiger partial charge is 0.261 e. The van der Waals surface area contributed by atoms with E-state index in [0.717, 1.165) is 7.05 Å². The fourth-order valence-corrected chi connectivity index (χ4v) is 2.52. The summed E-state index contributed by atoms with van der Waals surface area (Å²) >= 11 is 10.9. The van der Waals surface area contributed by atoms with Crippen LogP contribution in [0.5, 0.6) is 0 Å². The lowest BCUT2D eigenvalue weighted by molar-refractivity contribution is -0.146. The van der Waals surface area contributed by atoms with Crippen molar-refractivity contribution in [1.29, 1.82) is 0 Å². The van der Waals surface area contributed by atoms with Crippen molar-refractivity contribution >= 4 is 55.4 Å². The van der Waals surface area contributed by atoms with Crippen LogP contribution in [-0.4, -0.2) is 59.0 Å². The van der Waals surface area contributed by atoms with Crippen LogP contribution in [0, 0.1) is 0 Å². The number of rotatable bonds is 11. The molecule has 140 valence electrons. The number of carbonyl (C=O) groups excluding carboxylic acids is 3. The molecule has 0 fully saturated rings. The Kier molecular flexibility index (Phi) is 9.20. The molecule has 0 radical (unpaired) electrons. The summed E-state index contributed by atoms with van der Waals surface area (Å²) < 4.78 is 43.3. The maximum atomic E-state index is 14.8. The zero-order valence-corrected chi connectivity index (χ0v) is 15.9. The molecule has 5 nitrogen and oxygen atoms in total. The molecule has 0 heterocycles. The van der Waals surface area contributed by atoms with Crippen LogP contribution in [-0.2, 0) is 14.4 Å². The first-order chi connectivity index (χ1) is 11.0. The van der Waals surface area contributed by atoms with E-state index in [4.69, 9.17) is 0 Å². The summed E-state index contributed by atoms with van der Waals surface area (Å²) in [5, 5.41) is 3.65. The van der Waals surface area contributed by atoms with Crippen molar-refractivity contribution in [2.45, 2.75) is 37.0 Å². The van der Waals surface area contributed by atoms with E-state index < -0.39 is 58.4 Å². The average molecular weight is 407 g/mol. The Bertz CT molecular complexity index is 494. The van der Waals surface area contributed by atoms with E-state index in [1.165, 1.54) is 6.92 Å². The van der Waals surface area contributed by atoms with E-state index >= 15 is 0 Å². The molecular weight excluding hydrogens is 385 g/mol. The van der Waals surface area contributed by atoms with Gasteiger partial charge in [0.15, 0.2) is 11.6 Å². The van der Waals surface area contributed by atoms with Gasteiger partial charge in [0.05, 0.1) is 12.2 Å². The number of halogens is 3. The molecule has 0 saturated carbocycles. The Hall–Kier alpha value is -0.390. The van der Waals surface area contributed by atoms with E-state index in [0.29, 0.717) is 0 Å². The molecular formula is C13H21F3N2O3S3. The van der Waals surface area contributed by atoms with Crippen molar-refractivity contribution in [2.24, 2.45) is 0 Å². The molecule has 0 aliphatic heterocycles. The zero-order valence-electron chi connectivity index (χ0n) is 13.2. The van der Waals surface area contributed by atoms with E-state index in [2.05, 4.69) is 37.9 Å². The standard InChI is InChI=1S/C13H21F3N2O3S3/c1-3-8(19)13(16,7-24)18-10(21)11(14,5-22)4-9(20)12(15,6-23)17-2/h17,22-24H,3-7H2,1-2H3,(H,18,21)/t11-,12+,13+/m1/s1. The Morgan fingerprint density at radius 3 is 1.75 bits per heavy atom. The minimum absolute atomic E-state index is 0.260. The molecule has 0 aliphatic carbocycles. The van der Waals surface area contributed by atoms with E-state index in [9.17, 15) is 27.6 Å². The van der Waals surface area contributed by atoms with Gasteiger partial charge in [-0.15, -0.1) is 0 Å². The van der Waals surface area contributed by atoms with Crippen LogP contribution in [0.15, 0.2) is 0 Å². The van der Waals surface area contributed by atoms with Gasteiger partial charge >= 0.3 is 0 Å². The summed E-state index contributed by atoms with van der Waals surface area (Å²) in [6.45, 7) is 1.36. The first-order valence-corrected chi connectivity index (χ1v) is 8.85. The third-order valence-electron chi connectivity index (χ3n) is 3.45. The third kappa shape index (κ3) is 5.30. The van der Waals surface area contributed by atoms with Crippen LogP contribution in [0.3, 0.4) is 0 Å². The first-order valence-electron chi connectivity index (χ1n) is 6.96. The quantitative estimate of drug-likeness (QED) is 0.263. The predicted molar refractivity (Wildman–Crippen MR) is 95.2 cm³/mol. The van der Waals surface area contributed by atoms with Gasteiger partial charge in [0.2, 0.25) is 17.3 Å². The summed E-state index contributed by atoms with van der Waals surface area (Å²) in [7, 11) is 1.13. The second-order valence-corrected chi connectivity index (χ2v) is 6.07. The van der Waals surface area contributed by atoms with Crippen LogP contribution >= 0.6 is 37.9 Å². The maximum Gasteiger partial charge on any atom is 0.261 e. The molecule has 0 bridgehead atoms. The molecule has 3 atom stereocenters. The van der Waals surface area contributed by atoms with Gasteiger partial charge in [-0.3, -0.25) is 19.7 Å². The monoisotopic (exact) mass is 406 g/mol. The Labute approximate surface area is 155 Å². The van der Waals surface area contributed by atoms with Gasteiger partial charge in [-0.25, -0.2) is 13.2 Å². The summed E-state index contributed by atoms with van der Waals surface area (Å²) in [6.07, 6.45) is -1.47. The minimum Gasteiger partial charge on any atom is -0.314 e. The van der Waals surface area contributed by atoms with Crippen LogP contribution in [0.4, 0.5) is 13.2 Å². The Morgan fingerprint density at radius 1 is 0.917 bits per heavy atom. The predicted octanol–water partition coefficient (Wildman–Crippen LogP) is 1.09. The number of amides is 1. The van der Waals surface area contributed by atoms with Crippen molar-refractivity contribution in [1.82, 2.24) is 10.6 Å². The highest BCUT2D eigenvalue weighted by Gasteiger charge is 2.49. The Morgan fingerprint density at radius 2 is 1.42 bits per heavy atom. The molecule has 0 rings (SSSR count). The lowest BCUT2D eigenvalue weighted by Gasteiger charge is -2.30. The number of Topliss-reactive ketones (excluding diaryl/α,β-unsaturated/α-hetero) is 2. The normalized spacial score (nSPS) is 18.8. The van der Waals surface area contributed by atoms with Gasteiger partial charge in [-0.2, -0.15) is 37.9 Å². The second-order valence-electron chi connectivity index (χ2n) is 5.12. The van der Waals surface area contributed by atoms with Gasteiger partial charge < -0.3 is 5.32 Å². The highest BCUT2D eigenvalue weighted by molar-refractivity contribution is 7.80. The first kappa shape index (κ1) is 23.6. The van der Waals surface area contributed by atoms with Crippen molar-refractivity contribution in [3.05, 3.63) is 0 Å². The molecule has 2 N–H and O–H groups in total. The SMILES string of the molecule is CCC(=O)[C@](F)(CS)NC(=O)[C@](F)(CS)CC(=O)[C@](F)(CS)NC. The average Bonchev–Trinajstić information content (AvgIpc) is 2.59. The minimum atomic E-state index is -3.01. The molecule has 0 spiro atoms. The zero-order chi connectivity index (χ0) is 19.2. The van der Waals surface area contributed by atoms with Crippen LogP contribution in [0.1, 0.15) is 19.8 Å². The molecule has 0 aromatic heterocycles. The van der Waals surface area contributed by atoms with Gasteiger partial charge in [-0.05, 0) is 7.05 Å². The summed E-state index contributed by atoms with van der Waals surface area (Å²) in [5.74, 6) is -11.6. The lowest BCUT2D eigenvalue weighted by atomic mass is 9.95. The summed E-state index contributed by atoms with van der Waals surface area (Å²) in [5.41, 5.74) is -3.01. The van der Waals surface area contributed by atoms with E-state index in [1.54, 1.807) is 5.32 Å². The van der Waals surface area contributed by atoms with E-state index in [-0.39, 0.29) is 6.42 Å². The molecule has 0 aliphatic rings. The van der Waals surface area contributed by atoms with Crippen LogP contribution in [0.2, 0.25) is 0 Å². The highest BCUT2D eigenvalue weighted by Crippen LogP contribution is 2.26. The fraction of sp³-hybridized carbons (Fsp3) is 0.769. The topological polar surface area (TPSA) is 75.3 Å². The fourth-order valence-electron chi connectivity index (χ4n) is 1.68. The Balaban J connectivity index is 5.39. The number of ketones is 2. The summed E-state index contributed by atoms with van der Waals surface area (Å²) in [4.78, 5) is 35.5. The van der Waals surface area contributed by atoms with Crippen LogP contribution in [0.25, 0.3) is 0 Å². The van der Waals surface area contributed by atoms with Gasteiger partial charge in [0.25, 0.3) is 5.91 Å². The van der Waals surface area contributed by atoms with Gasteiger partial charge in [0, 0.05) is 17.9 Å². The van der Waals surface area contributed by atoms with Gasteiger partial charge in [0.1, 0.15) is 0 Å². The van der Waals surface area contributed by atoms with Crippen molar-refractivity contribution in [3.63, 3.8) is 0 Å². The largest absolute Gasteiger partial charge is 0.314 e. The number of alkyl halides is 3. The highest BCUT2D eigenvalue weighted by atomic mass is 32.1. The third-order valence-corrected chi connectivity index (χ3v) is 4.82. The molecule has 24 heavy (non-hydrogen) atoms. The van der Waals surface area contributed by atoms with Crippen molar-refractivity contribution in [2.75, 3.05) is 24.3 Å². The number of nitrogens with one attached hydrogen (secondary N) is 2. The summed E-state index contributed by atoms with van der Waals surface area (Å²) in [6, 6.07) is 0. The maximum absolute atomic E-state index is 14.8. The molecule has 0 unspecified atom stereocenters. The number of hydrogen-bond acceptors (Lipinski definition) is 7. The molecule has 0 saturated heterocycles. The molecule has 1 amide bonds. The van der Waals surface area contributed by atoms with Gasteiger partial charge in [-0.1, -0.05) is 6.92 Å². The number of hydrogen-bond donors (Lipinski definition) is 5. The molecule has 11 heteroatoms. The molecule has 0 aromatic rings. The lowest BCUT2D eigenvalue weighted by Crippen LogP contribution is -2.60. The van der Waals surface area contributed by atoms with Crippen molar-refractivity contribution < 1.29 is 27.6 Å². The molecule has 0 aromatic carbocycles. The number of thiol groups is 3. The number of likely N-dealkylation sites (N-methyl/N-ethyl adjacent to an activating group) is 1. The number of carbonyl (C=O) groups is 3. The van der Waals surface area contributed by atoms with E-state index in [1.807, 2.05) is 5.32 Å². The second kappa shape index (κ2) is 9.35.